The maximum Gasteiger partial charge on any atom is 0.335 e. The molecule has 1 saturated heterocycles. The smallest absolute Gasteiger partial charge is 0.335 e. The lowest BCUT2D eigenvalue weighted by Crippen LogP contribution is -2.46. The number of ether oxygens (including phenoxy) is 1. The van der Waals surface area contributed by atoms with Crippen molar-refractivity contribution in [2.24, 2.45) is 0 Å². The molecular formula is C13H19NO3. The van der Waals surface area contributed by atoms with Crippen LogP contribution in [0.15, 0.2) is 11.1 Å². The fourth-order valence-corrected chi connectivity index (χ4v) is 2.92. The van der Waals surface area contributed by atoms with Crippen LogP contribution in [0.25, 0.3) is 0 Å². The Hall–Kier alpha value is -1.16. The molecule has 1 fully saturated rings. The zero-order valence-electron chi connectivity index (χ0n) is 10.7. The molecule has 0 atom stereocenters. The van der Waals surface area contributed by atoms with Crippen LogP contribution in [0.5, 0.6) is 0 Å². The van der Waals surface area contributed by atoms with Crippen LogP contribution in [-0.4, -0.2) is 41.9 Å². The van der Waals surface area contributed by atoms with Crippen molar-refractivity contribution in [2.75, 3.05) is 19.6 Å². The van der Waals surface area contributed by atoms with E-state index in [2.05, 4.69) is 11.8 Å². The van der Waals surface area contributed by atoms with Gasteiger partial charge in [0.2, 0.25) is 0 Å². The highest BCUT2D eigenvalue weighted by Crippen LogP contribution is 2.41. The van der Waals surface area contributed by atoms with E-state index in [1.165, 1.54) is 6.92 Å². The third kappa shape index (κ3) is 1.90. The van der Waals surface area contributed by atoms with Crippen molar-refractivity contribution in [1.82, 2.24) is 4.90 Å². The largest absolute Gasteiger partial charge is 0.451 e. The summed E-state index contributed by atoms with van der Waals surface area (Å²) in [6, 6.07) is 0. The molecule has 2 rings (SSSR count). The Morgan fingerprint density at radius 2 is 2.00 bits per heavy atom. The molecular weight excluding hydrogens is 218 g/mol. The third-order valence-electron chi connectivity index (χ3n) is 3.89. The first-order valence-electron chi connectivity index (χ1n) is 6.18. The number of nitrogens with zero attached hydrogens (tertiary/aromatic N) is 1. The molecule has 2 heterocycles. The second-order valence-corrected chi connectivity index (χ2v) is 4.87. The lowest BCUT2D eigenvalue weighted by Gasteiger charge is -2.38. The van der Waals surface area contributed by atoms with E-state index in [1.807, 2.05) is 0 Å². The lowest BCUT2D eigenvalue weighted by atomic mass is 9.81. The number of hydrogen-bond donors (Lipinski definition) is 0. The molecule has 0 radical (unpaired) electrons. The Balaban J connectivity index is 2.28. The highest BCUT2D eigenvalue weighted by atomic mass is 16.6. The molecule has 4 heteroatoms. The molecule has 0 aromatic carbocycles. The lowest BCUT2D eigenvalue weighted by molar-refractivity contribution is -0.150. The van der Waals surface area contributed by atoms with Gasteiger partial charge in [0.25, 0.3) is 0 Å². The van der Waals surface area contributed by atoms with Crippen LogP contribution in [0.4, 0.5) is 0 Å². The Morgan fingerprint density at radius 3 is 2.47 bits per heavy atom. The summed E-state index contributed by atoms with van der Waals surface area (Å²) in [5, 5.41) is 0. The predicted octanol–water partition coefficient (Wildman–Crippen LogP) is 1.30. The zero-order valence-corrected chi connectivity index (χ0v) is 10.7. The van der Waals surface area contributed by atoms with Gasteiger partial charge >= 0.3 is 5.97 Å². The van der Waals surface area contributed by atoms with E-state index >= 15 is 0 Å². The molecule has 2 aliphatic heterocycles. The van der Waals surface area contributed by atoms with Gasteiger partial charge in [0.15, 0.2) is 5.78 Å². The van der Waals surface area contributed by atoms with E-state index in [0.717, 1.165) is 32.5 Å². The van der Waals surface area contributed by atoms with Gasteiger partial charge in [0.05, 0.1) is 0 Å². The minimum Gasteiger partial charge on any atom is -0.451 e. The topological polar surface area (TPSA) is 46.6 Å². The molecule has 0 bridgehead atoms. The molecule has 17 heavy (non-hydrogen) atoms. The average molecular weight is 237 g/mol. The third-order valence-corrected chi connectivity index (χ3v) is 3.89. The van der Waals surface area contributed by atoms with Gasteiger partial charge in [-0.3, -0.25) is 4.79 Å². The number of esters is 1. The molecule has 94 valence electrons. The Morgan fingerprint density at radius 1 is 1.41 bits per heavy atom. The Kier molecular flexibility index (Phi) is 3.08. The number of rotatable bonds is 2. The van der Waals surface area contributed by atoms with Crippen molar-refractivity contribution in [2.45, 2.75) is 39.2 Å². The van der Waals surface area contributed by atoms with Gasteiger partial charge < -0.3 is 9.64 Å². The van der Waals surface area contributed by atoms with E-state index < -0.39 is 5.60 Å². The summed E-state index contributed by atoms with van der Waals surface area (Å²) in [6.45, 7) is 8.10. The van der Waals surface area contributed by atoms with Crippen LogP contribution in [0.3, 0.4) is 0 Å². The first-order chi connectivity index (χ1) is 8.00. The highest BCUT2D eigenvalue weighted by Gasteiger charge is 2.49. The van der Waals surface area contributed by atoms with Crippen molar-refractivity contribution >= 4 is 11.8 Å². The molecule has 0 unspecified atom stereocenters. The molecule has 0 amide bonds. The summed E-state index contributed by atoms with van der Waals surface area (Å²) in [5.74, 6) is -0.349. The number of Topliss-reactive ketones (excluding diaryl/α,β-unsaturated/α-hetero) is 1. The molecule has 0 aromatic rings. The van der Waals surface area contributed by atoms with Crippen LogP contribution < -0.4 is 0 Å². The van der Waals surface area contributed by atoms with Crippen molar-refractivity contribution in [3.05, 3.63) is 11.1 Å². The van der Waals surface area contributed by atoms with Gasteiger partial charge in [-0.25, -0.2) is 4.79 Å². The van der Waals surface area contributed by atoms with E-state index in [9.17, 15) is 9.59 Å². The highest BCUT2D eigenvalue weighted by molar-refractivity contribution is 6.07. The number of carbonyl (C=O) groups is 2. The monoisotopic (exact) mass is 237 g/mol. The minimum absolute atomic E-state index is 0.0294. The first kappa shape index (κ1) is 12.3. The van der Waals surface area contributed by atoms with Gasteiger partial charge in [0, 0.05) is 37.1 Å². The Bertz CT molecular complexity index is 389. The SMILES string of the molecule is CCN1CCC2(CC1)OC(=O)C(C)=C2C(C)=O. The predicted molar refractivity (Wildman–Crippen MR) is 63.6 cm³/mol. The molecule has 4 nitrogen and oxygen atoms in total. The maximum absolute atomic E-state index is 11.7. The molecule has 0 N–H and O–H groups in total. The van der Waals surface area contributed by atoms with Gasteiger partial charge in [-0.15, -0.1) is 0 Å². The van der Waals surface area contributed by atoms with Crippen LogP contribution in [-0.2, 0) is 14.3 Å². The van der Waals surface area contributed by atoms with E-state index in [1.54, 1.807) is 6.92 Å². The summed E-state index contributed by atoms with van der Waals surface area (Å²) < 4.78 is 5.51. The number of ketones is 1. The van der Waals surface area contributed by atoms with Crippen LogP contribution in [0, 0.1) is 0 Å². The second-order valence-electron chi connectivity index (χ2n) is 4.87. The number of hydrogen-bond acceptors (Lipinski definition) is 4. The van der Waals surface area contributed by atoms with Gasteiger partial charge in [-0.2, -0.15) is 0 Å². The standard InChI is InChI=1S/C13H19NO3/c1-4-14-7-5-13(6-8-14)11(10(3)15)9(2)12(16)17-13/h4-8H2,1-3H3. The van der Waals surface area contributed by atoms with Gasteiger partial charge in [-0.1, -0.05) is 6.92 Å². The summed E-state index contributed by atoms with van der Waals surface area (Å²) >= 11 is 0. The second kappa shape index (κ2) is 4.26. The molecule has 2 aliphatic rings. The molecule has 0 aromatic heterocycles. The normalized spacial score (nSPS) is 24.3. The number of likely N-dealkylation sites (tertiary alicyclic amines) is 1. The first-order valence-corrected chi connectivity index (χ1v) is 6.18. The minimum atomic E-state index is -0.626. The van der Waals surface area contributed by atoms with E-state index in [-0.39, 0.29) is 11.8 Å². The summed E-state index contributed by atoms with van der Waals surface area (Å²) in [7, 11) is 0. The van der Waals surface area contributed by atoms with Gasteiger partial charge in [-0.05, 0) is 20.4 Å². The Labute approximate surface area is 102 Å². The zero-order chi connectivity index (χ0) is 12.6. The van der Waals surface area contributed by atoms with E-state index in [0.29, 0.717) is 11.1 Å². The maximum atomic E-state index is 11.7. The van der Waals surface area contributed by atoms with Crippen molar-refractivity contribution in [3.63, 3.8) is 0 Å². The van der Waals surface area contributed by atoms with Crippen molar-refractivity contribution in [3.8, 4) is 0 Å². The van der Waals surface area contributed by atoms with Crippen molar-refractivity contribution < 1.29 is 14.3 Å². The van der Waals surface area contributed by atoms with Gasteiger partial charge in [0.1, 0.15) is 5.60 Å². The van der Waals surface area contributed by atoms with Crippen LogP contribution >= 0.6 is 0 Å². The fraction of sp³-hybridized carbons (Fsp3) is 0.692. The fourth-order valence-electron chi connectivity index (χ4n) is 2.92. The average Bonchev–Trinajstić information content (AvgIpc) is 2.52. The molecule has 0 aliphatic carbocycles. The quantitative estimate of drug-likeness (QED) is 0.679. The van der Waals surface area contributed by atoms with Crippen molar-refractivity contribution in [1.29, 1.82) is 0 Å². The molecule has 1 spiro atoms. The van der Waals surface area contributed by atoms with Crippen LogP contribution in [0.1, 0.15) is 33.6 Å². The van der Waals surface area contributed by atoms with Crippen LogP contribution in [0.2, 0.25) is 0 Å². The number of piperidine rings is 1. The number of carbonyl (C=O) groups excluding carboxylic acids is 2. The summed E-state index contributed by atoms with van der Waals surface area (Å²) in [4.78, 5) is 25.7. The summed E-state index contributed by atoms with van der Waals surface area (Å²) in [6.07, 6.45) is 1.47. The van der Waals surface area contributed by atoms with E-state index in [4.69, 9.17) is 4.74 Å². The molecule has 0 saturated carbocycles. The summed E-state index contributed by atoms with van der Waals surface area (Å²) in [5.41, 5.74) is 0.485.